The Balaban J connectivity index is 1.34. The van der Waals surface area contributed by atoms with Crippen LogP contribution in [0.1, 0.15) is 87.2 Å². The summed E-state index contributed by atoms with van der Waals surface area (Å²) >= 11 is 6.38. The molecule has 1 saturated heterocycles. The number of fused-ring (bicyclic) bond motifs is 3. The number of rotatable bonds is 3. The summed E-state index contributed by atoms with van der Waals surface area (Å²) in [5.74, 6) is 1.04. The van der Waals surface area contributed by atoms with Gasteiger partial charge in [0.15, 0.2) is 6.29 Å². The summed E-state index contributed by atoms with van der Waals surface area (Å²) in [6, 6.07) is 11.5. The molecule has 0 aromatic heterocycles. The van der Waals surface area contributed by atoms with E-state index in [1.165, 1.54) is 5.56 Å². The van der Waals surface area contributed by atoms with Crippen LogP contribution in [0.25, 0.3) is 0 Å². The van der Waals surface area contributed by atoms with E-state index < -0.39 is 21.2 Å². The lowest BCUT2D eigenvalue weighted by Gasteiger charge is -2.48. The van der Waals surface area contributed by atoms with Crippen LogP contribution in [-0.2, 0) is 32.5 Å². The van der Waals surface area contributed by atoms with Crippen molar-refractivity contribution in [3.63, 3.8) is 0 Å². The zero-order valence-electron chi connectivity index (χ0n) is 29.5. The quantitative estimate of drug-likeness (QED) is 0.377. The first-order valence-electron chi connectivity index (χ1n) is 18.3. The highest BCUT2D eigenvalue weighted by molar-refractivity contribution is 7.90. The van der Waals surface area contributed by atoms with E-state index in [0.717, 1.165) is 87.3 Å². The molecule has 1 saturated carbocycles. The SMILES string of the molecule is CCN(C)[C@H]1CO[C@H]([C@@H]2CCC[C@H](C)[C@@H](C)S(=O)(=O)NC(=O)c3ccc4c(c3)N(CCCCc3cc(Cl)ccc3CO4)C[C@@H]3CC[C@H]32)OC1. The van der Waals surface area contributed by atoms with Gasteiger partial charge in [-0.15, -0.1) is 0 Å². The maximum absolute atomic E-state index is 13.5. The van der Waals surface area contributed by atoms with Gasteiger partial charge in [0.05, 0.1) is 30.2 Å². The third-order valence-electron chi connectivity index (χ3n) is 11.8. The van der Waals surface area contributed by atoms with E-state index in [-0.39, 0.29) is 24.2 Å². The topological polar surface area (TPSA) is 97.4 Å². The van der Waals surface area contributed by atoms with Crippen molar-refractivity contribution in [3.8, 4) is 5.75 Å². The number of hydrogen-bond donors (Lipinski definition) is 1. The third kappa shape index (κ3) is 8.41. The largest absolute Gasteiger partial charge is 0.487 e. The Morgan fingerprint density at radius 3 is 2.49 bits per heavy atom. The second-order valence-electron chi connectivity index (χ2n) is 14.8. The lowest BCUT2D eigenvalue weighted by molar-refractivity contribution is -0.241. The zero-order valence-corrected chi connectivity index (χ0v) is 31.1. The van der Waals surface area contributed by atoms with Gasteiger partial charge in [0.2, 0.25) is 10.0 Å². The first kappa shape index (κ1) is 36.4. The summed E-state index contributed by atoms with van der Waals surface area (Å²) in [7, 11) is -1.79. The van der Waals surface area contributed by atoms with Gasteiger partial charge in [-0.2, -0.15) is 0 Å². The molecule has 270 valence electrons. The summed E-state index contributed by atoms with van der Waals surface area (Å²) < 4.78 is 48.9. The number of ether oxygens (including phenoxy) is 3. The van der Waals surface area contributed by atoms with Crippen LogP contribution < -0.4 is 14.4 Å². The van der Waals surface area contributed by atoms with Crippen LogP contribution in [0.2, 0.25) is 5.02 Å². The smallest absolute Gasteiger partial charge is 0.264 e. The van der Waals surface area contributed by atoms with Crippen LogP contribution >= 0.6 is 11.6 Å². The molecule has 4 aliphatic rings. The molecule has 0 unspecified atom stereocenters. The fourth-order valence-electron chi connectivity index (χ4n) is 8.06. The number of likely N-dealkylation sites (N-methyl/N-ethyl adjacent to an activating group) is 1. The molecular weight excluding hydrogens is 662 g/mol. The van der Waals surface area contributed by atoms with Gasteiger partial charge in [-0.1, -0.05) is 37.9 Å². The molecule has 3 heterocycles. The summed E-state index contributed by atoms with van der Waals surface area (Å²) in [5, 5.41) is -0.00105. The van der Waals surface area contributed by atoms with Gasteiger partial charge in [-0.05, 0) is 125 Å². The number of hydrogen-bond acceptors (Lipinski definition) is 8. The highest BCUT2D eigenvalue weighted by Crippen LogP contribution is 2.46. The minimum absolute atomic E-state index is 0.124. The maximum atomic E-state index is 13.5. The molecular formula is C38H54ClN3O6S. The standard InChI is InChI=1S/C38H54ClN3O6S/c1-5-41(4)32-23-47-38(48-24-32)34-11-8-9-25(2)26(3)49(44,45)40-37(43)28-14-17-36-35(20-28)42(21-29-13-16-33(29)34)18-7-6-10-27-19-31(39)15-12-30(27)22-46-36/h12,14-15,17,19-20,25-26,29,32-34,38H,5-11,13,16,18,21-24H2,1-4H3,(H,40,43)/t25-,26+,29-,32-,33+,34+,38-/m0/s1. The van der Waals surface area contributed by atoms with Crippen molar-refractivity contribution in [1.29, 1.82) is 0 Å². The van der Waals surface area contributed by atoms with E-state index in [4.69, 9.17) is 25.8 Å². The summed E-state index contributed by atoms with van der Waals surface area (Å²) in [4.78, 5) is 18.2. The first-order valence-corrected chi connectivity index (χ1v) is 20.2. The van der Waals surface area contributed by atoms with Crippen LogP contribution in [0.3, 0.4) is 0 Å². The lowest BCUT2D eigenvalue weighted by atomic mass is 9.65. The number of aryl methyl sites for hydroxylation is 1. The molecule has 5 atom stereocenters. The molecule has 2 aromatic rings. The van der Waals surface area contributed by atoms with Crippen LogP contribution in [-0.4, -0.2) is 76.7 Å². The van der Waals surface area contributed by atoms with Crippen molar-refractivity contribution in [1.82, 2.24) is 9.62 Å². The summed E-state index contributed by atoms with van der Waals surface area (Å²) in [6.45, 7) is 10.1. The van der Waals surface area contributed by atoms with Crippen molar-refractivity contribution >= 4 is 33.2 Å². The van der Waals surface area contributed by atoms with Crippen LogP contribution in [0.15, 0.2) is 36.4 Å². The maximum Gasteiger partial charge on any atom is 0.264 e. The molecule has 9 nitrogen and oxygen atoms in total. The minimum Gasteiger partial charge on any atom is -0.487 e. The van der Waals surface area contributed by atoms with E-state index in [9.17, 15) is 13.2 Å². The first-order chi connectivity index (χ1) is 23.5. The Morgan fingerprint density at radius 1 is 0.959 bits per heavy atom. The number of nitrogens with zero attached hydrogens (tertiary/aromatic N) is 2. The average Bonchev–Trinajstić information content (AvgIpc) is 3.11. The van der Waals surface area contributed by atoms with Gasteiger partial charge >= 0.3 is 0 Å². The van der Waals surface area contributed by atoms with Gasteiger partial charge in [0, 0.05) is 29.6 Å². The number of halogens is 1. The van der Waals surface area contributed by atoms with Crippen LogP contribution in [0.4, 0.5) is 5.69 Å². The molecule has 0 radical (unpaired) electrons. The number of nitrogens with one attached hydrogen (secondary N) is 1. The molecule has 49 heavy (non-hydrogen) atoms. The molecule has 1 aliphatic carbocycles. The average molecular weight is 716 g/mol. The number of benzene rings is 2. The van der Waals surface area contributed by atoms with Crippen LogP contribution in [0.5, 0.6) is 5.75 Å². The highest BCUT2D eigenvalue weighted by Gasteiger charge is 2.44. The Bertz CT molecular complexity index is 1560. The Hall–Kier alpha value is -2.37. The van der Waals surface area contributed by atoms with Crippen molar-refractivity contribution in [2.45, 2.75) is 96.3 Å². The normalized spacial score (nSPS) is 31.3. The van der Waals surface area contributed by atoms with Gasteiger partial charge in [-0.25, -0.2) is 13.1 Å². The molecule has 3 aliphatic heterocycles. The molecule has 2 fully saturated rings. The monoisotopic (exact) mass is 715 g/mol. The second-order valence-corrected chi connectivity index (χ2v) is 17.3. The fourth-order valence-corrected chi connectivity index (χ4v) is 9.57. The van der Waals surface area contributed by atoms with E-state index in [0.29, 0.717) is 43.0 Å². The predicted octanol–water partition coefficient (Wildman–Crippen LogP) is 6.67. The van der Waals surface area contributed by atoms with Gasteiger partial charge in [0.25, 0.3) is 5.91 Å². The predicted molar refractivity (Wildman–Crippen MR) is 194 cm³/mol. The van der Waals surface area contributed by atoms with Crippen molar-refractivity contribution < 1.29 is 27.4 Å². The minimum atomic E-state index is -3.90. The van der Waals surface area contributed by atoms with Crippen molar-refractivity contribution in [2.75, 3.05) is 44.8 Å². The molecule has 1 N–H and O–H groups in total. The number of carbonyl (C=O) groups is 1. The number of sulfonamides is 1. The molecule has 11 heteroatoms. The number of carbonyl (C=O) groups excluding carboxylic acids is 1. The number of anilines is 1. The van der Waals surface area contributed by atoms with Crippen molar-refractivity contribution in [3.05, 3.63) is 58.1 Å². The molecule has 6 rings (SSSR count). The van der Waals surface area contributed by atoms with Crippen LogP contribution in [0, 0.1) is 23.7 Å². The lowest BCUT2D eigenvalue weighted by Crippen LogP contribution is -2.51. The summed E-state index contributed by atoms with van der Waals surface area (Å²) in [5.41, 5.74) is 3.42. The molecule has 2 bridgehead atoms. The van der Waals surface area contributed by atoms with E-state index in [1.807, 2.05) is 37.3 Å². The van der Waals surface area contributed by atoms with E-state index in [2.05, 4.69) is 28.5 Å². The van der Waals surface area contributed by atoms with Gasteiger partial charge in [-0.3, -0.25) is 9.69 Å². The second kappa shape index (κ2) is 15.9. The fraction of sp³-hybridized carbons (Fsp3) is 0.658. The molecule has 0 spiro atoms. The summed E-state index contributed by atoms with van der Waals surface area (Å²) in [6.07, 6.45) is 7.35. The third-order valence-corrected chi connectivity index (χ3v) is 14.0. The van der Waals surface area contributed by atoms with E-state index in [1.54, 1.807) is 13.0 Å². The molecule has 1 amide bonds. The Kier molecular flexibility index (Phi) is 11.8. The van der Waals surface area contributed by atoms with E-state index >= 15 is 0 Å². The van der Waals surface area contributed by atoms with Gasteiger partial charge < -0.3 is 19.1 Å². The zero-order chi connectivity index (χ0) is 34.7. The Morgan fingerprint density at radius 2 is 1.76 bits per heavy atom. The van der Waals surface area contributed by atoms with Crippen molar-refractivity contribution in [2.24, 2.45) is 23.7 Å². The molecule has 2 aromatic carbocycles. The highest BCUT2D eigenvalue weighted by atomic mass is 35.5. The number of amides is 1. The Labute approximate surface area is 298 Å². The van der Waals surface area contributed by atoms with Gasteiger partial charge in [0.1, 0.15) is 12.4 Å².